The Morgan fingerprint density at radius 2 is 2.42 bits per heavy atom. The monoisotopic (exact) mass is 163 g/mol. The van der Waals surface area contributed by atoms with Crippen LogP contribution in [-0.2, 0) is 16.8 Å². The van der Waals surface area contributed by atoms with Gasteiger partial charge < -0.3 is 4.74 Å². The van der Waals surface area contributed by atoms with Crippen LogP contribution in [0, 0.1) is 0 Å². The van der Waals surface area contributed by atoms with Gasteiger partial charge in [0.15, 0.2) is 0 Å². The van der Waals surface area contributed by atoms with Gasteiger partial charge in [0.05, 0.1) is 12.3 Å². The smallest absolute Gasteiger partial charge is 0.131 e. The van der Waals surface area contributed by atoms with Gasteiger partial charge in [-0.2, -0.15) is 0 Å². The SMILES string of the molecule is CCc1cccnc1C1(C)CO1. The summed E-state index contributed by atoms with van der Waals surface area (Å²) in [6.07, 6.45) is 2.86. The largest absolute Gasteiger partial charge is 0.363 e. The van der Waals surface area contributed by atoms with Crippen molar-refractivity contribution in [3.05, 3.63) is 29.6 Å². The highest BCUT2D eigenvalue weighted by molar-refractivity contribution is 5.27. The third-order valence-electron chi connectivity index (χ3n) is 2.35. The highest BCUT2D eigenvalue weighted by atomic mass is 16.6. The fourth-order valence-electron chi connectivity index (χ4n) is 1.45. The molecule has 0 aliphatic carbocycles. The molecule has 0 aromatic carbocycles. The number of epoxide rings is 1. The Balaban J connectivity index is 2.42. The minimum Gasteiger partial charge on any atom is -0.363 e. The molecule has 1 aliphatic heterocycles. The number of pyridine rings is 1. The fourth-order valence-corrected chi connectivity index (χ4v) is 1.45. The summed E-state index contributed by atoms with van der Waals surface area (Å²) in [6, 6.07) is 4.10. The summed E-state index contributed by atoms with van der Waals surface area (Å²) in [5.74, 6) is 0. The third kappa shape index (κ3) is 1.12. The van der Waals surface area contributed by atoms with Crippen LogP contribution in [0.25, 0.3) is 0 Å². The highest BCUT2D eigenvalue weighted by Gasteiger charge is 2.43. The van der Waals surface area contributed by atoms with Crippen molar-refractivity contribution >= 4 is 0 Å². The highest BCUT2D eigenvalue weighted by Crippen LogP contribution is 2.38. The minimum absolute atomic E-state index is 0.0768. The van der Waals surface area contributed by atoms with Crippen LogP contribution in [0.15, 0.2) is 18.3 Å². The molecule has 1 saturated heterocycles. The third-order valence-corrected chi connectivity index (χ3v) is 2.35. The van der Waals surface area contributed by atoms with Gasteiger partial charge in [-0.15, -0.1) is 0 Å². The van der Waals surface area contributed by atoms with Gasteiger partial charge in [-0.1, -0.05) is 13.0 Å². The first-order valence-corrected chi connectivity index (χ1v) is 4.34. The first kappa shape index (κ1) is 7.74. The van der Waals surface area contributed by atoms with Gasteiger partial charge in [0, 0.05) is 6.20 Å². The number of nitrogens with zero attached hydrogens (tertiary/aromatic N) is 1. The van der Waals surface area contributed by atoms with Crippen molar-refractivity contribution in [2.75, 3.05) is 6.61 Å². The van der Waals surface area contributed by atoms with Crippen LogP contribution in [0.3, 0.4) is 0 Å². The molecule has 2 nitrogen and oxygen atoms in total. The zero-order valence-corrected chi connectivity index (χ0v) is 7.50. The molecule has 1 aromatic rings. The molecule has 1 atom stereocenters. The summed E-state index contributed by atoms with van der Waals surface area (Å²) in [4.78, 5) is 4.36. The summed E-state index contributed by atoms with van der Waals surface area (Å²) in [5, 5.41) is 0. The molecule has 2 heterocycles. The number of hydrogen-bond acceptors (Lipinski definition) is 2. The van der Waals surface area contributed by atoms with E-state index >= 15 is 0 Å². The number of hydrogen-bond donors (Lipinski definition) is 0. The molecular weight excluding hydrogens is 150 g/mol. The van der Waals surface area contributed by atoms with E-state index in [1.165, 1.54) is 5.56 Å². The normalized spacial score (nSPS) is 27.2. The predicted octanol–water partition coefficient (Wildman–Crippen LogP) is 1.89. The Hall–Kier alpha value is -0.890. The molecule has 64 valence electrons. The van der Waals surface area contributed by atoms with Crippen LogP contribution >= 0.6 is 0 Å². The van der Waals surface area contributed by atoms with Gasteiger partial charge in [0.2, 0.25) is 0 Å². The number of rotatable bonds is 2. The molecule has 0 saturated carbocycles. The standard InChI is InChI=1S/C10H13NO/c1-3-8-5-4-6-11-9(8)10(2)7-12-10/h4-6H,3,7H2,1-2H3. The quantitative estimate of drug-likeness (QED) is 0.622. The molecule has 1 aromatic heterocycles. The molecule has 0 amide bonds. The van der Waals surface area contributed by atoms with Gasteiger partial charge in [0.1, 0.15) is 5.60 Å². The van der Waals surface area contributed by atoms with Crippen molar-refractivity contribution in [2.45, 2.75) is 25.9 Å². The summed E-state index contributed by atoms with van der Waals surface area (Å²) in [5.41, 5.74) is 2.34. The summed E-state index contributed by atoms with van der Waals surface area (Å²) >= 11 is 0. The van der Waals surface area contributed by atoms with E-state index in [-0.39, 0.29) is 5.60 Å². The first-order valence-electron chi connectivity index (χ1n) is 4.34. The Labute approximate surface area is 72.6 Å². The minimum atomic E-state index is -0.0768. The Morgan fingerprint density at radius 1 is 1.67 bits per heavy atom. The van der Waals surface area contributed by atoms with Crippen molar-refractivity contribution in [3.8, 4) is 0 Å². The van der Waals surface area contributed by atoms with Crippen LogP contribution < -0.4 is 0 Å². The summed E-state index contributed by atoms with van der Waals surface area (Å²) < 4.78 is 5.36. The average molecular weight is 163 g/mol. The molecule has 2 rings (SSSR count). The van der Waals surface area contributed by atoms with Gasteiger partial charge >= 0.3 is 0 Å². The van der Waals surface area contributed by atoms with E-state index in [4.69, 9.17) is 4.74 Å². The van der Waals surface area contributed by atoms with Crippen molar-refractivity contribution in [3.63, 3.8) is 0 Å². The van der Waals surface area contributed by atoms with Crippen LogP contribution in [0.1, 0.15) is 25.1 Å². The van der Waals surface area contributed by atoms with E-state index in [2.05, 4.69) is 24.9 Å². The second-order valence-electron chi connectivity index (χ2n) is 3.38. The lowest BCUT2D eigenvalue weighted by Crippen LogP contribution is -2.08. The first-order chi connectivity index (χ1) is 5.76. The summed E-state index contributed by atoms with van der Waals surface area (Å²) in [6.45, 7) is 5.05. The zero-order valence-electron chi connectivity index (χ0n) is 7.50. The molecule has 1 fully saturated rings. The van der Waals surface area contributed by atoms with Crippen molar-refractivity contribution in [2.24, 2.45) is 0 Å². The molecule has 1 unspecified atom stereocenters. The van der Waals surface area contributed by atoms with Crippen LogP contribution in [0.4, 0.5) is 0 Å². The van der Waals surface area contributed by atoms with Gasteiger partial charge in [-0.25, -0.2) is 0 Å². The van der Waals surface area contributed by atoms with Gasteiger partial charge in [0.25, 0.3) is 0 Å². The topological polar surface area (TPSA) is 25.4 Å². The summed E-state index contributed by atoms with van der Waals surface area (Å²) in [7, 11) is 0. The van der Waals surface area contributed by atoms with Crippen LogP contribution in [0.2, 0.25) is 0 Å². The molecule has 0 spiro atoms. The number of aryl methyl sites for hydroxylation is 1. The average Bonchev–Trinajstić information content (AvgIpc) is 2.85. The maximum atomic E-state index is 5.36. The van der Waals surface area contributed by atoms with E-state index in [0.29, 0.717) is 0 Å². The second-order valence-corrected chi connectivity index (χ2v) is 3.38. The lowest BCUT2D eigenvalue weighted by Gasteiger charge is -2.08. The second kappa shape index (κ2) is 2.56. The lowest BCUT2D eigenvalue weighted by atomic mass is 10.0. The molecule has 2 heteroatoms. The molecule has 0 bridgehead atoms. The lowest BCUT2D eigenvalue weighted by molar-refractivity contribution is 0.322. The van der Waals surface area contributed by atoms with Crippen molar-refractivity contribution in [1.82, 2.24) is 4.98 Å². The van der Waals surface area contributed by atoms with Crippen LogP contribution in [0.5, 0.6) is 0 Å². The van der Waals surface area contributed by atoms with Crippen LogP contribution in [-0.4, -0.2) is 11.6 Å². The Morgan fingerprint density at radius 3 is 3.00 bits per heavy atom. The number of aromatic nitrogens is 1. The Bertz CT molecular complexity index is 292. The number of ether oxygens (including phenoxy) is 1. The van der Waals surface area contributed by atoms with E-state index in [1.807, 2.05) is 12.3 Å². The molecule has 1 aliphatic rings. The van der Waals surface area contributed by atoms with E-state index < -0.39 is 0 Å². The molecular formula is C10H13NO. The van der Waals surface area contributed by atoms with E-state index in [0.717, 1.165) is 18.7 Å². The maximum Gasteiger partial charge on any atom is 0.131 e. The van der Waals surface area contributed by atoms with E-state index in [1.54, 1.807) is 0 Å². The molecule has 12 heavy (non-hydrogen) atoms. The maximum absolute atomic E-state index is 5.36. The van der Waals surface area contributed by atoms with Crippen molar-refractivity contribution < 1.29 is 4.74 Å². The van der Waals surface area contributed by atoms with Gasteiger partial charge in [-0.3, -0.25) is 4.98 Å². The fraction of sp³-hybridized carbons (Fsp3) is 0.500. The van der Waals surface area contributed by atoms with Gasteiger partial charge in [-0.05, 0) is 25.0 Å². The zero-order chi connectivity index (χ0) is 8.60. The molecule has 0 N–H and O–H groups in total. The van der Waals surface area contributed by atoms with Crippen molar-refractivity contribution in [1.29, 1.82) is 0 Å². The predicted molar refractivity (Wildman–Crippen MR) is 46.9 cm³/mol. The molecule has 0 radical (unpaired) electrons. The Kier molecular flexibility index (Phi) is 1.65. The van der Waals surface area contributed by atoms with E-state index in [9.17, 15) is 0 Å².